The van der Waals surface area contributed by atoms with E-state index in [-0.39, 0.29) is 0 Å². The largest absolute Gasteiger partial charge is 0.158 e. The highest BCUT2D eigenvalue weighted by molar-refractivity contribution is 9.09. The molecule has 0 aliphatic rings. The first-order chi connectivity index (χ1) is 3.27. The van der Waals surface area contributed by atoms with Crippen LogP contribution in [0.1, 0.15) is 13.8 Å². The molecule has 0 bridgehead atoms. The van der Waals surface area contributed by atoms with Gasteiger partial charge in [0.05, 0.1) is 0 Å². The highest BCUT2D eigenvalue weighted by Gasteiger charge is 1.89. The molecule has 44 valence electrons. The zero-order chi connectivity index (χ0) is 5.70. The van der Waals surface area contributed by atoms with E-state index < -0.39 is 0 Å². The normalized spacial score (nSPS) is 10.3. The van der Waals surface area contributed by atoms with Crippen molar-refractivity contribution in [1.82, 2.24) is 0 Å². The highest BCUT2D eigenvalue weighted by Crippen LogP contribution is 2.08. The molecule has 0 rings (SSSR count). The van der Waals surface area contributed by atoms with Crippen molar-refractivity contribution < 1.29 is 0 Å². The predicted molar refractivity (Wildman–Crippen MR) is 41.4 cm³/mol. The van der Waals surface area contributed by atoms with Crippen LogP contribution in [-0.4, -0.2) is 16.3 Å². The van der Waals surface area contributed by atoms with Crippen molar-refractivity contribution in [3.63, 3.8) is 0 Å². The van der Waals surface area contributed by atoms with Gasteiger partial charge in [0.1, 0.15) is 0 Å². The third-order valence-electron chi connectivity index (χ3n) is 0.528. The minimum Gasteiger partial charge on any atom is -0.158 e. The molecule has 0 radical (unpaired) electrons. The van der Waals surface area contributed by atoms with Gasteiger partial charge in [-0.3, -0.25) is 0 Å². The van der Waals surface area contributed by atoms with Crippen LogP contribution in [0.5, 0.6) is 0 Å². The Hall–Kier alpha value is 0.830. The van der Waals surface area contributed by atoms with Crippen LogP contribution in [-0.2, 0) is 0 Å². The minimum absolute atomic E-state index is 0.789. The van der Waals surface area contributed by atoms with Gasteiger partial charge in [0, 0.05) is 11.1 Å². The topological polar surface area (TPSA) is 0 Å². The van der Waals surface area contributed by atoms with Gasteiger partial charge in [0.25, 0.3) is 0 Å². The number of thioether (sulfide) groups is 1. The summed E-state index contributed by atoms with van der Waals surface area (Å²) in [4.78, 5) is 0. The smallest absolute Gasteiger partial charge is 0.0122 e. The SMILES string of the molecule is CC(C)SCCBr. The molecule has 0 aliphatic heterocycles. The lowest BCUT2D eigenvalue weighted by atomic mass is 10.6. The summed E-state index contributed by atoms with van der Waals surface area (Å²) in [6.45, 7) is 4.43. The molecule has 0 unspecified atom stereocenters. The fourth-order valence-electron chi connectivity index (χ4n) is 0.280. The Bertz CT molecular complexity index is 37.1. The zero-order valence-corrected chi connectivity index (χ0v) is 7.18. The second-order valence-electron chi connectivity index (χ2n) is 1.61. The van der Waals surface area contributed by atoms with Gasteiger partial charge in [0.2, 0.25) is 0 Å². The Morgan fingerprint density at radius 2 is 2.14 bits per heavy atom. The molecule has 0 atom stereocenters. The van der Waals surface area contributed by atoms with E-state index in [0.717, 1.165) is 10.6 Å². The van der Waals surface area contributed by atoms with Gasteiger partial charge < -0.3 is 0 Å². The standard InChI is InChI=1S/C5H11BrS/c1-5(2)7-4-3-6/h5H,3-4H2,1-2H3. The van der Waals surface area contributed by atoms with Gasteiger partial charge in [-0.15, -0.1) is 0 Å². The maximum Gasteiger partial charge on any atom is 0.0122 e. The van der Waals surface area contributed by atoms with Gasteiger partial charge in [0.15, 0.2) is 0 Å². The third-order valence-corrected chi connectivity index (χ3v) is 2.56. The number of hydrogen-bond donors (Lipinski definition) is 0. The molecule has 0 aromatic rings. The number of alkyl halides is 1. The van der Waals surface area contributed by atoms with Crippen LogP contribution in [0.4, 0.5) is 0 Å². The summed E-state index contributed by atoms with van der Waals surface area (Å²) in [5.41, 5.74) is 0. The van der Waals surface area contributed by atoms with Crippen molar-refractivity contribution in [2.24, 2.45) is 0 Å². The summed E-state index contributed by atoms with van der Waals surface area (Å²) in [5, 5.41) is 1.91. The molecule has 0 aliphatic carbocycles. The van der Waals surface area contributed by atoms with Gasteiger partial charge >= 0.3 is 0 Å². The Morgan fingerprint density at radius 3 is 2.29 bits per heavy atom. The molecule has 0 nitrogen and oxygen atoms in total. The van der Waals surface area contributed by atoms with Gasteiger partial charge in [-0.2, -0.15) is 11.8 Å². The van der Waals surface area contributed by atoms with Crippen molar-refractivity contribution in [1.29, 1.82) is 0 Å². The first-order valence-corrected chi connectivity index (χ1v) is 4.62. The molecule has 0 amide bonds. The molecule has 0 spiro atoms. The van der Waals surface area contributed by atoms with E-state index in [1.165, 1.54) is 5.75 Å². The molecule has 0 saturated heterocycles. The Morgan fingerprint density at radius 1 is 1.57 bits per heavy atom. The van der Waals surface area contributed by atoms with Crippen LogP contribution in [0.15, 0.2) is 0 Å². The summed E-state index contributed by atoms with van der Waals surface area (Å²) in [6, 6.07) is 0. The maximum absolute atomic E-state index is 3.36. The lowest BCUT2D eigenvalue weighted by Crippen LogP contribution is -1.88. The van der Waals surface area contributed by atoms with E-state index in [2.05, 4.69) is 29.8 Å². The highest BCUT2D eigenvalue weighted by atomic mass is 79.9. The monoisotopic (exact) mass is 182 g/mol. The van der Waals surface area contributed by atoms with Crippen LogP contribution >= 0.6 is 27.7 Å². The van der Waals surface area contributed by atoms with Crippen LogP contribution in [0.3, 0.4) is 0 Å². The number of rotatable bonds is 3. The summed E-state index contributed by atoms with van der Waals surface area (Å²) in [6.07, 6.45) is 0. The molecular weight excluding hydrogens is 172 g/mol. The van der Waals surface area contributed by atoms with E-state index in [4.69, 9.17) is 0 Å². The Kier molecular flexibility index (Phi) is 5.57. The van der Waals surface area contributed by atoms with Crippen molar-refractivity contribution in [3.8, 4) is 0 Å². The average Bonchev–Trinajstić information content (AvgIpc) is 1.61. The lowest BCUT2D eigenvalue weighted by molar-refractivity contribution is 1.11. The third kappa shape index (κ3) is 6.83. The quantitative estimate of drug-likeness (QED) is 0.606. The summed E-state index contributed by atoms with van der Waals surface area (Å²) < 4.78 is 0. The summed E-state index contributed by atoms with van der Waals surface area (Å²) in [5.74, 6) is 1.23. The van der Waals surface area contributed by atoms with E-state index in [9.17, 15) is 0 Å². The lowest BCUT2D eigenvalue weighted by Gasteiger charge is -1.98. The van der Waals surface area contributed by atoms with Gasteiger partial charge in [-0.1, -0.05) is 29.8 Å². The summed E-state index contributed by atoms with van der Waals surface area (Å²) >= 11 is 5.34. The van der Waals surface area contributed by atoms with Crippen LogP contribution in [0.25, 0.3) is 0 Å². The van der Waals surface area contributed by atoms with E-state index in [1.54, 1.807) is 0 Å². The molecule has 0 aromatic carbocycles. The molecule has 0 saturated carbocycles. The molecule has 2 heteroatoms. The van der Waals surface area contributed by atoms with Crippen molar-refractivity contribution >= 4 is 27.7 Å². The van der Waals surface area contributed by atoms with Gasteiger partial charge in [-0.05, 0) is 5.25 Å². The summed E-state index contributed by atoms with van der Waals surface area (Å²) in [7, 11) is 0. The molecule has 0 N–H and O–H groups in total. The molecule has 0 heterocycles. The first-order valence-electron chi connectivity index (χ1n) is 2.45. The minimum atomic E-state index is 0.789. The molecular formula is C5H11BrS. The second-order valence-corrected chi connectivity index (χ2v) is 4.09. The van der Waals surface area contributed by atoms with E-state index >= 15 is 0 Å². The van der Waals surface area contributed by atoms with E-state index in [0.29, 0.717) is 0 Å². The molecule has 0 fully saturated rings. The number of hydrogen-bond acceptors (Lipinski definition) is 1. The van der Waals surface area contributed by atoms with Gasteiger partial charge in [-0.25, -0.2) is 0 Å². The Balaban J connectivity index is 2.68. The maximum atomic E-state index is 3.36. The van der Waals surface area contributed by atoms with Crippen molar-refractivity contribution in [3.05, 3.63) is 0 Å². The van der Waals surface area contributed by atoms with Crippen molar-refractivity contribution in [2.75, 3.05) is 11.1 Å². The van der Waals surface area contributed by atoms with E-state index in [1.807, 2.05) is 11.8 Å². The number of halogens is 1. The van der Waals surface area contributed by atoms with Crippen LogP contribution < -0.4 is 0 Å². The molecule has 7 heavy (non-hydrogen) atoms. The van der Waals surface area contributed by atoms with Crippen LogP contribution in [0, 0.1) is 0 Å². The fourth-order valence-corrected chi connectivity index (χ4v) is 1.40. The second kappa shape index (κ2) is 4.98. The zero-order valence-electron chi connectivity index (χ0n) is 4.78. The Labute approximate surface area is 58.2 Å². The van der Waals surface area contributed by atoms with Crippen LogP contribution in [0.2, 0.25) is 0 Å². The predicted octanol–water partition coefficient (Wildman–Crippen LogP) is 2.52. The average molecular weight is 183 g/mol. The first kappa shape index (κ1) is 7.83. The fraction of sp³-hybridized carbons (Fsp3) is 1.00. The molecule has 0 aromatic heterocycles. The van der Waals surface area contributed by atoms with Crippen molar-refractivity contribution in [2.45, 2.75) is 19.1 Å².